The number of cyclic esters (lactones) is 2. The third-order valence-corrected chi connectivity index (χ3v) is 27.6. The second-order valence-electron chi connectivity index (χ2n) is 37.9. The fourth-order valence-electron chi connectivity index (χ4n) is 13.8. The number of carbonyl (C=O) groups excluding carboxylic acids is 3. The second kappa shape index (κ2) is 62.8. The lowest BCUT2D eigenvalue weighted by atomic mass is 9.80. The summed E-state index contributed by atoms with van der Waals surface area (Å²) in [6.45, 7) is 33.5. The van der Waals surface area contributed by atoms with Crippen molar-refractivity contribution >= 4 is 128 Å². The molecule has 0 radical (unpaired) electrons. The molecule has 4 heterocycles. The van der Waals surface area contributed by atoms with E-state index in [0.29, 0.717) is 42.2 Å². The number of amides is 2. The van der Waals surface area contributed by atoms with Crippen LogP contribution in [0.15, 0.2) is 332 Å². The largest absolute Gasteiger partial charge is 0.488 e. The molecule has 0 aliphatic carbocycles. The Kier molecular flexibility index (Phi) is 51.9. The number of nitrogens with zero attached hydrogens (tertiary/aromatic N) is 9. The topological polar surface area (TPSA) is 334 Å². The minimum Gasteiger partial charge on any atom is -0.447 e. The van der Waals surface area contributed by atoms with Crippen LogP contribution in [-0.2, 0) is 79.9 Å². The van der Waals surface area contributed by atoms with Gasteiger partial charge in [-0.15, -0.1) is 12.4 Å². The molecule has 2 saturated heterocycles. The summed E-state index contributed by atoms with van der Waals surface area (Å²) in [5.74, 6) is 2.05. The van der Waals surface area contributed by atoms with Crippen molar-refractivity contribution in [2.45, 2.75) is 212 Å². The highest BCUT2D eigenvalue weighted by molar-refractivity contribution is 9.08. The number of aromatic nitrogens is 6. The van der Waals surface area contributed by atoms with E-state index in [9.17, 15) is 27.0 Å². The lowest BCUT2D eigenvalue weighted by molar-refractivity contribution is 0.112. The summed E-state index contributed by atoms with van der Waals surface area (Å²) in [5.41, 5.74) is 26.9. The van der Waals surface area contributed by atoms with Gasteiger partial charge in [-0.1, -0.05) is 363 Å². The number of aryl methyl sites for hydroxylation is 3. The average Bonchev–Trinajstić information content (AvgIpc) is 1.69. The first kappa shape index (κ1) is 122. The van der Waals surface area contributed by atoms with Crippen LogP contribution in [0.5, 0.6) is 0 Å². The van der Waals surface area contributed by atoms with Crippen LogP contribution >= 0.6 is 39.9 Å². The number of nitrogens with two attached hydrogens (primary N) is 2. The predicted octanol–water partition coefficient (Wildman–Crippen LogP) is 24.3. The number of anilines is 3. The van der Waals surface area contributed by atoms with E-state index in [2.05, 4.69) is 280 Å². The predicted molar refractivity (Wildman–Crippen MR) is 613 cm³/mol. The third kappa shape index (κ3) is 44.3. The zero-order chi connectivity index (χ0) is 106. The van der Waals surface area contributed by atoms with E-state index >= 15 is 0 Å². The monoisotopic (exact) mass is 2140 g/mol. The van der Waals surface area contributed by atoms with E-state index in [0.717, 1.165) is 84.4 Å². The molecule has 30 heteroatoms. The van der Waals surface area contributed by atoms with Crippen molar-refractivity contribution in [3.8, 4) is 0 Å². The van der Waals surface area contributed by atoms with Crippen molar-refractivity contribution in [1.82, 2.24) is 34.6 Å². The number of carbonyl (C=O) groups is 3. The molecule has 0 saturated carbocycles. The number of halogens is 3. The molecule has 2 fully saturated rings. The van der Waals surface area contributed by atoms with Crippen LogP contribution in [0.1, 0.15) is 239 Å². The molecular weight excluding hydrogens is 2010 g/mol. The molecule has 2 aliphatic rings. The summed E-state index contributed by atoms with van der Waals surface area (Å²) in [6.07, 6.45) is 7.92. The van der Waals surface area contributed by atoms with Gasteiger partial charge in [-0.25, -0.2) is 41.7 Å². The highest BCUT2D eigenvalue weighted by atomic mass is 79.9. The van der Waals surface area contributed by atoms with Crippen LogP contribution in [0.3, 0.4) is 0 Å². The molecule has 16 rings (SSSR count). The average molecular weight is 2150 g/mol. The molecule has 2 aromatic heterocycles. The Morgan fingerprint density at radius 3 is 1.07 bits per heavy atom. The number of hydrogen-bond donors (Lipinski definition) is 6. The van der Waals surface area contributed by atoms with Crippen molar-refractivity contribution < 1.29 is 46.5 Å². The Labute approximate surface area is 897 Å². The number of ether oxygens (including phenoxy) is 2. The molecule has 23 nitrogen and oxygen atoms in total. The van der Waals surface area contributed by atoms with Gasteiger partial charge in [0, 0.05) is 29.2 Å². The van der Waals surface area contributed by atoms with E-state index in [4.69, 9.17) is 42.0 Å². The summed E-state index contributed by atoms with van der Waals surface area (Å²) >= 11 is 9.08. The van der Waals surface area contributed by atoms with Crippen molar-refractivity contribution in [2.75, 3.05) is 28.3 Å². The van der Waals surface area contributed by atoms with Gasteiger partial charge in [0.05, 0.1) is 54.3 Å². The summed E-state index contributed by atoms with van der Waals surface area (Å²) in [4.78, 5) is 62.2. The Morgan fingerprint density at radius 1 is 0.449 bits per heavy atom. The molecule has 776 valence electrons. The standard InChI is InChI=1S/C24H27N5O2.C19H25NOS.C18H21NOS.C15H17N.C14H12O.C9H11ClN4O2.C7H9BO2.C7H7Br.C4H11NOS.ClH/c1-4-21-15-31-24(30)29(21)23-27-17(3)26-22(28-23)25-16(2)20-12-10-19(11-13-20)14-18-8-6-5-7-9-18;1-15(20-22(21)19(2,3)4)18-12-10-17(11-13-18)14-16-8-6-5-7-9-16;1-18(2,3)21(20)19-14-17-11-9-16(10-12-17)13-15-7-5-4-6-8-15;1-12(16)15-9-7-14(8-10-15)11-13-5-3-2-4-6-13;15-11-14-8-6-13(7-9-14)10-12-4-2-1-3-5-12;1-3-6-4-16-9(15)14(6)8-12-5(2)11-7(10)13-8;1-6-2-4-7(5-3-6)8(9)10;8-6-7-4-2-1-3-5-7;1-4(2,3)7(5)6;/h5-13,16,21H,4,14-15H2,1-3H3,(H,25,26,27,28);5-13,15,20H,14H2,1-4H3;4-12,14H,13H2,1-3H3;2-10,12H,11,16H2,1H3;1-9,11H,10H2;6H,3-4H2,1-2H3;2-5,9-10H,1H3;1-5H,6H2;5H2,1-3H3;1H/t16-,21-;;;;;6-;;;7-;/m0....0..1./s1. The number of rotatable bonds is 26. The molecule has 0 bridgehead atoms. The Bertz CT molecular complexity index is 6320. The number of benzene rings is 12. The Morgan fingerprint density at radius 2 is 0.769 bits per heavy atom. The summed E-state index contributed by atoms with van der Waals surface area (Å²) in [7, 11) is -4.79. The maximum atomic E-state index is 12.2. The molecule has 14 aromatic rings. The zero-order valence-electron chi connectivity index (χ0n) is 87.1. The number of alkyl halides is 1. The maximum Gasteiger partial charge on any atom is 0.488 e. The zero-order valence-corrected chi connectivity index (χ0v) is 92.7. The second-order valence-corrected chi connectivity index (χ2v) is 44.5. The molecule has 12 aromatic carbocycles. The number of nitrogens with one attached hydrogen (secondary N) is 2. The highest BCUT2D eigenvalue weighted by Crippen LogP contribution is 2.28. The van der Waals surface area contributed by atoms with Gasteiger partial charge in [0.2, 0.25) is 23.1 Å². The van der Waals surface area contributed by atoms with Crippen LogP contribution in [0.25, 0.3) is 0 Å². The molecular formula is C117H141BBrCl2N13O10S3. The maximum absolute atomic E-state index is 12.2. The Balaban J connectivity index is 0.000000231. The van der Waals surface area contributed by atoms with E-state index in [1.54, 1.807) is 32.2 Å². The SMILES string of the molecule is BrCc1ccccc1.CC(C)(C)S(=O)N=Cc1ccc(Cc2ccccc2)cc1.CC(C)(C)[S@](N)=O.CC(N)c1ccc(Cc2ccccc2)cc1.CC(NS(=O)C(C)(C)C)c1ccc(Cc2ccccc2)cc1.CC[C@H]1COC(=O)N1c1nc(C)nc(Cl)n1.CC[C@H]1COC(=O)N1c1nc(C)nc(N[C@@H](C)c2ccc(Cc3ccccc3)cc2)n1.Cc1ccc(B(O)O)cc1.Cl.O=Cc1ccc(Cc2ccccc2)cc1. The van der Waals surface area contributed by atoms with Gasteiger partial charge in [0.1, 0.15) is 42.1 Å². The van der Waals surface area contributed by atoms with E-state index in [-0.39, 0.29) is 68.1 Å². The van der Waals surface area contributed by atoms with Gasteiger partial charge < -0.3 is 30.6 Å². The normalized spacial score (nSPS) is 14.1. The third-order valence-electron chi connectivity index (χ3n) is 22.5. The first-order chi connectivity index (χ1) is 69.7. The quantitative estimate of drug-likeness (QED) is 0.0127. The molecule has 147 heavy (non-hydrogen) atoms. The summed E-state index contributed by atoms with van der Waals surface area (Å²) in [5, 5.41) is 26.8. The van der Waals surface area contributed by atoms with Crippen LogP contribution in [0.2, 0.25) is 5.28 Å². The van der Waals surface area contributed by atoms with Gasteiger partial charge in [-0.3, -0.25) is 9.93 Å². The van der Waals surface area contributed by atoms with Crippen molar-refractivity contribution in [2.24, 2.45) is 15.3 Å². The molecule has 8 atom stereocenters. The fraction of sp³-hybridized carbons (Fsp3) is 0.299. The minimum absolute atomic E-state index is 0. The lowest BCUT2D eigenvalue weighted by Crippen LogP contribution is -2.34. The van der Waals surface area contributed by atoms with Crippen LogP contribution in [0, 0.1) is 20.8 Å². The Hall–Kier alpha value is -12.3. The van der Waals surface area contributed by atoms with Crippen molar-refractivity contribution in [3.63, 3.8) is 0 Å². The van der Waals surface area contributed by atoms with E-state index in [1.807, 2.05) is 199 Å². The van der Waals surface area contributed by atoms with Gasteiger partial charge in [-0.05, 0) is 249 Å². The number of hydrogen-bond acceptors (Lipinski definition) is 18. The molecule has 2 amide bonds. The molecule has 0 spiro atoms. The van der Waals surface area contributed by atoms with Crippen molar-refractivity contribution in [1.29, 1.82) is 0 Å². The van der Waals surface area contributed by atoms with Gasteiger partial charge >= 0.3 is 19.3 Å². The minimum atomic E-state index is -1.35. The van der Waals surface area contributed by atoms with Crippen LogP contribution < -0.4 is 36.2 Å². The first-order valence-electron chi connectivity index (χ1n) is 48.6. The molecule has 4 unspecified atom stereocenters. The fourth-order valence-corrected chi connectivity index (χ4v) is 15.7. The molecule has 2 aliphatic heterocycles. The van der Waals surface area contributed by atoms with E-state index in [1.165, 1.54) is 76.6 Å². The van der Waals surface area contributed by atoms with Crippen LogP contribution in [-0.4, -0.2) is 124 Å². The van der Waals surface area contributed by atoms with Gasteiger partial charge in [0.15, 0.2) is 0 Å². The van der Waals surface area contributed by atoms with Crippen molar-refractivity contribution in [3.05, 3.63) is 439 Å². The van der Waals surface area contributed by atoms with E-state index < -0.39 is 52.3 Å². The summed E-state index contributed by atoms with van der Waals surface area (Å²) < 4.78 is 51.0. The van der Waals surface area contributed by atoms with Crippen LogP contribution in [0.4, 0.5) is 27.4 Å². The first-order valence-corrected chi connectivity index (χ1v) is 53.6. The molecule has 8 N–H and O–H groups in total. The lowest BCUT2D eigenvalue weighted by Gasteiger charge is -2.22. The highest BCUT2D eigenvalue weighted by Gasteiger charge is 2.37. The smallest absolute Gasteiger partial charge is 0.447 e. The number of aldehydes is 1. The van der Waals surface area contributed by atoms with Gasteiger partial charge in [-0.2, -0.15) is 29.3 Å². The summed E-state index contributed by atoms with van der Waals surface area (Å²) in [6, 6.07) is 111. The van der Waals surface area contributed by atoms with Gasteiger partial charge in [0.25, 0.3) is 0 Å².